The zero-order chi connectivity index (χ0) is 11.5. The molecule has 0 aliphatic rings. The number of fused-ring (bicyclic) bond motifs is 1. The lowest BCUT2D eigenvalue weighted by atomic mass is 10.2. The van der Waals surface area contributed by atoms with E-state index in [2.05, 4.69) is 15.4 Å². The minimum atomic E-state index is -0.566. The van der Waals surface area contributed by atoms with Crippen LogP contribution in [-0.4, -0.2) is 38.3 Å². The second-order valence-corrected chi connectivity index (χ2v) is 3.52. The summed E-state index contributed by atoms with van der Waals surface area (Å²) in [5, 5.41) is 15.7. The largest absolute Gasteiger partial charge is 0.392 e. The van der Waals surface area contributed by atoms with Crippen molar-refractivity contribution in [2.45, 2.75) is 13.0 Å². The SMILES string of the molecule is C[C@@H](O)CNC(=O)c1cnn2ccncc12. The molecular formula is C10H12N4O2. The van der Waals surface area contributed by atoms with Crippen LogP contribution in [0.5, 0.6) is 0 Å². The number of aliphatic hydroxyl groups excluding tert-OH is 1. The van der Waals surface area contributed by atoms with Crippen molar-refractivity contribution in [2.24, 2.45) is 0 Å². The normalized spacial score (nSPS) is 12.6. The van der Waals surface area contributed by atoms with Gasteiger partial charge in [0.15, 0.2) is 0 Å². The van der Waals surface area contributed by atoms with Crippen LogP contribution in [0.15, 0.2) is 24.8 Å². The van der Waals surface area contributed by atoms with Crippen LogP contribution in [0.1, 0.15) is 17.3 Å². The van der Waals surface area contributed by atoms with Gasteiger partial charge in [0.05, 0.1) is 29.6 Å². The summed E-state index contributed by atoms with van der Waals surface area (Å²) in [6, 6.07) is 0. The average Bonchev–Trinajstić information content (AvgIpc) is 2.69. The van der Waals surface area contributed by atoms with Gasteiger partial charge < -0.3 is 10.4 Å². The van der Waals surface area contributed by atoms with E-state index in [4.69, 9.17) is 5.11 Å². The van der Waals surface area contributed by atoms with E-state index >= 15 is 0 Å². The molecule has 1 atom stereocenters. The van der Waals surface area contributed by atoms with Crippen LogP contribution in [0.2, 0.25) is 0 Å². The van der Waals surface area contributed by atoms with Gasteiger partial charge in [-0.25, -0.2) is 4.52 Å². The Morgan fingerprint density at radius 3 is 3.19 bits per heavy atom. The van der Waals surface area contributed by atoms with Gasteiger partial charge in [-0.05, 0) is 6.92 Å². The van der Waals surface area contributed by atoms with Crippen LogP contribution in [0, 0.1) is 0 Å². The van der Waals surface area contributed by atoms with Crippen LogP contribution in [-0.2, 0) is 0 Å². The van der Waals surface area contributed by atoms with Gasteiger partial charge in [0, 0.05) is 18.9 Å². The minimum Gasteiger partial charge on any atom is -0.392 e. The van der Waals surface area contributed by atoms with E-state index in [0.717, 1.165) is 0 Å². The van der Waals surface area contributed by atoms with E-state index in [0.29, 0.717) is 11.1 Å². The van der Waals surface area contributed by atoms with E-state index in [1.807, 2.05) is 0 Å². The second kappa shape index (κ2) is 4.28. The van der Waals surface area contributed by atoms with Gasteiger partial charge in [-0.1, -0.05) is 0 Å². The van der Waals surface area contributed by atoms with Crippen molar-refractivity contribution in [2.75, 3.05) is 6.54 Å². The molecule has 0 aromatic carbocycles. The number of carbonyl (C=O) groups is 1. The average molecular weight is 220 g/mol. The second-order valence-electron chi connectivity index (χ2n) is 3.52. The van der Waals surface area contributed by atoms with Crippen molar-refractivity contribution < 1.29 is 9.90 Å². The molecule has 0 unspecified atom stereocenters. The number of hydrogen-bond acceptors (Lipinski definition) is 4. The molecule has 0 saturated carbocycles. The lowest BCUT2D eigenvalue weighted by Crippen LogP contribution is -2.30. The molecule has 0 aliphatic heterocycles. The van der Waals surface area contributed by atoms with E-state index in [1.54, 1.807) is 30.0 Å². The summed E-state index contributed by atoms with van der Waals surface area (Å²) < 4.78 is 1.57. The van der Waals surface area contributed by atoms with E-state index in [-0.39, 0.29) is 12.5 Å². The number of nitrogens with one attached hydrogen (secondary N) is 1. The molecule has 2 N–H and O–H groups in total. The van der Waals surface area contributed by atoms with E-state index < -0.39 is 6.10 Å². The van der Waals surface area contributed by atoms with Crippen molar-refractivity contribution in [1.29, 1.82) is 0 Å². The highest BCUT2D eigenvalue weighted by molar-refractivity contribution is 6.00. The Morgan fingerprint density at radius 2 is 2.44 bits per heavy atom. The smallest absolute Gasteiger partial charge is 0.255 e. The molecule has 1 amide bonds. The molecule has 6 nitrogen and oxygen atoms in total. The molecule has 84 valence electrons. The van der Waals surface area contributed by atoms with Crippen LogP contribution in [0.4, 0.5) is 0 Å². The van der Waals surface area contributed by atoms with Crippen LogP contribution in [0.25, 0.3) is 5.52 Å². The molecule has 0 aliphatic carbocycles. The molecule has 2 heterocycles. The van der Waals surface area contributed by atoms with Gasteiger partial charge in [0.25, 0.3) is 5.91 Å². The molecule has 2 aromatic rings. The third-order valence-electron chi connectivity index (χ3n) is 2.13. The van der Waals surface area contributed by atoms with Gasteiger partial charge >= 0.3 is 0 Å². The summed E-state index contributed by atoms with van der Waals surface area (Å²) in [5.41, 5.74) is 1.10. The lowest BCUT2D eigenvalue weighted by Gasteiger charge is -2.05. The number of nitrogens with zero attached hydrogens (tertiary/aromatic N) is 3. The van der Waals surface area contributed by atoms with Gasteiger partial charge in [0.1, 0.15) is 0 Å². The fourth-order valence-corrected chi connectivity index (χ4v) is 1.35. The van der Waals surface area contributed by atoms with Crippen molar-refractivity contribution in [1.82, 2.24) is 19.9 Å². The van der Waals surface area contributed by atoms with Crippen LogP contribution < -0.4 is 5.32 Å². The van der Waals surface area contributed by atoms with Crippen LogP contribution in [0.3, 0.4) is 0 Å². The fourth-order valence-electron chi connectivity index (χ4n) is 1.35. The number of carbonyl (C=O) groups excluding carboxylic acids is 1. The lowest BCUT2D eigenvalue weighted by molar-refractivity contribution is 0.0925. The minimum absolute atomic E-state index is 0.219. The number of aliphatic hydroxyl groups is 1. The van der Waals surface area contributed by atoms with Crippen molar-refractivity contribution in [3.63, 3.8) is 0 Å². The highest BCUT2D eigenvalue weighted by Crippen LogP contribution is 2.07. The molecule has 6 heteroatoms. The van der Waals surface area contributed by atoms with Crippen molar-refractivity contribution >= 4 is 11.4 Å². The zero-order valence-corrected chi connectivity index (χ0v) is 8.79. The summed E-state index contributed by atoms with van der Waals surface area (Å²) in [7, 11) is 0. The predicted molar refractivity (Wildman–Crippen MR) is 57.0 cm³/mol. The Bertz CT molecular complexity index is 506. The molecular weight excluding hydrogens is 208 g/mol. The third-order valence-corrected chi connectivity index (χ3v) is 2.13. The maximum Gasteiger partial charge on any atom is 0.255 e. The molecule has 0 saturated heterocycles. The number of aromatic nitrogens is 3. The Balaban J connectivity index is 2.23. The summed E-state index contributed by atoms with van der Waals surface area (Å²) in [6.07, 6.45) is 5.75. The Hall–Kier alpha value is -1.95. The summed E-state index contributed by atoms with van der Waals surface area (Å²) in [4.78, 5) is 15.7. The zero-order valence-electron chi connectivity index (χ0n) is 8.79. The molecule has 16 heavy (non-hydrogen) atoms. The highest BCUT2D eigenvalue weighted by Gasteiger charge is 2.12. The quantitative estimate of drug-likeness (QED) is 0.753. The Labute approximate surface area is 91.9 Å². The molecule has 0 spiro atoms. The Kier molecular flexibility index (Phi) is 2.82. The maximum atomic E-state index is 11.7. The molecule has 2 aromatic heterocycles. The molecule has 0 radical (unpaired) electrons. The number of rotatable bonds is 3. The third kappa shape index (κ3) is 2.01. The molecule has 0 bridgehead atoms. The highest BCUT2D eigenvalue weighted by atomic mass is 16.3. The van der Waals surface area contributed by atoms with Gasteiger partial charge in [0.2, 0.25) is 0 Å². The van der Waals surface area contributed by atoms with Gasteiger partial charge in [-0.15, -0.1) is 0 Å². The number of amides is 1. The summed E-state index contributed by atoms with van der Waals surface area (Å²) >= 11 is 0. The van der Waals surface area contributed by atoms with Gasteiger partial charge in [-0.3, -0.25) is 9.78 Å². The topological polar surface area (TPSA) is 79.5 Å². The van der Waals surface area contributed by atoms with E-state index in [1.165, 1.54) is 6.20 Å². The maximum absolute atomic E-state index is 11.7. The first-order valence-corrected chi connectivity index (χ1v) is 4.92. The number of hydrogen-bond donors (Lipinski definition) is 2. The first kappa shape index (κ1) is 10.6. The Morgan fingerprint density at radius 1 is 1.62 bits per heavy atom. The molecule has 0 fully saturated rings. The van der Waals surface area contributed by atoms with Crippen molar-refractivity contribution in [3.8, 4) is 0 Å². The van der Waals surface area contributed by atoms with Crippen molar-refractivity contribution in [3.05, 3.63) is 30.4 Å². The summed E-state index contributed by atoms with van der Waals surface area (Å²) in [5.74, 6) is -0.260. The predicted octanol–water partition coefficient (Wildman–Crippen LogP) is -0.160. The standard InChI is InChI=1S/C10H12N4O2/c1-7(15)4-12-10(16)8-5-13-14-3-2-11-6-9(8)14/h2-3,5-7,15H,4H2,1H3,(H,12,16)/t7-/m1/s1. The molecule has 2 rings (SSSR count). The monoisotopic (exact) mass is 220 g/mol. The van der Waals surface area contributed by atoms with Crippen LogP contribution >= 0.6 is 0 Å². The van der Waals surface area contributed by atoms with E-state index in [9.17, 15) is 4.79 Å². The fraction of sp³-hybridized carbons (Fsp3) is 0.300. The first-order chi connectivity index (χ1) is 7.68. The van der Waals surface area contributed by atoms with Gasteiger partial charge in [-0.2, -0.15) is 5.10 Å². The first-order valence-electron chi connectivity index (χ1n) is 4.92. The summed E-state index contributed by atoms with van der Waals surface area (Å²) in [6.45, 7) is 1.83.